The van der Waals surface area contributed by atoms with Gasteiger partial charge in [-0.15, -0.1) is 0 Å². The first-order valence-electron chi connectivity index (χ1n) is 10.5. The van der Waals surface area contributed by atoms with Gasteiger partial charge in [-0.3, -0.25) is 4.90 Å². The predicted molar refractivity (Wildman–Crippen MR) is 114 cm³/mol. The molecule has 3 rings (SSSR count). The molecule has 1 aliphatic rings. The number of likely N-dealkylation sites (tertiary alicyclic amines) is 1. The van der Waals surface area contributed by atoms with Crippen LogP contribution >= 0.6 is 0 Å². The average Bonchev–Trinajstić information content (AvgIpc) is 2.77. The molecule has 1 unspecified atom stereocenters. The highest BCUT2D eigenvalue weighted by Gasteiger charge is 2.25. The Hall–Kier alpha value is -2.31. The number of aldehydes is 1. The molecule has 2 aromatic carbocycles. The zero-order chi connectivity index (χ0) is 21.5. The largest absolute Gasteiger partial charge is 0.497 e. The lowest BCUT2D eigenvalue weighted by molar-refractivity contribution is -0.113. The van der Waals surface area contributed by atoms with Crippen molar-refractivity contribution in [2.24, 2.45) is 0 Å². The molecule has 4 nitrogen and oxygen atoms in total. The molecule has 1 aliphatic heterocycles. The number of ether oxygens (including phenoxy) is 1. The zero-order valence-electron chi connectivity index (χ0n) is 17.7. The lowest BCUT2D eigenvalue weighted by atomic mass is 9.88. The Labute approximate surface area is 177 Å². The molecule has 30 heavy (non-hydrogen) atoms. The van der Waals surface area contributed by atoms with E-state index in [1.165, 1.54) is 11.6 Å². The van der Waals surface area contributed by atoms with Gasteiger partial charge in [0.05, 0.1) is 13.2 Å². The molecule has 1 heterocycles. The lowest BCUT2D eigenvalue weighted by Crippen LogP contribution is -2.43. The number of methoxy groups -OCH3 is 1. The molecule has 0 radical (unpaired) electrons. The number of hydrogen-bond donors (Lipinski definition) is 0. The molecule has 0 aromatic heterocycles. The van der Waals surface area contributed by atoms with Crippen LogP contribution in [0.3, 0.4) is 0 Å². The van der Waals surface area contributed by atoms with Gasteiger partial charge in [0.25, 0.3) is 0 Å². The molecular weight excluding hydrogens is 386 g/mol. The van der Waals surface area contributed by atoms with Crippen LogP contribution in [-0.4, -0.2) is 55.9 Å². The quantitative estimate of drug-likeness (QED) is 0.573. The van der Waals surface area contributed by atoms with Crippen molar-refractivity contribution in [3.8, 4) is 5.75 Å². The van der Waals surface area contributed by atoms with E-state index in [0.29, 0.717) is 19.0 Å². The van der Waals surface area contributed by atoms with Crippen LogP contribution in [0.4, 0.5) is 8.78 Å². The molecule has 0 amide bonds. The van der Waals surface area contributed by atoms with Gasteiger partial charge in [0.1, 0.15) is 12.0 Å². The van der Waals surface area contributed by atoms with Gasteiger partial charge in [0.15, 0.2) is 11.6 Å². The number of hydrogen-bond acceptors (Lipinski definition) is 4. The third kappa shape index (κ3) is 5.86. The van der Waals surface area contributed by atoms with E-state index in [1.807, 2.05) is 24.1 Å². The summed E-state index contributed by atoms with van der Waals surface area (Å²) in [4.78, 5) is 16.0. The highest BCUT2D eigenvalue weighted by molar-refractivity contribution is 5.57. The molecule has 0 N–H and O–H groups in total. The summed E-state index contributed by atoms with van der Waals surface area (Å²) < 4.78 is 31.7. The minimum atomic E-state index is -0.833. The molecular formula is C24H30F2N2O2. The van der Waals surface area contributed by atoms with Crippen molar-refractivity contribution in [1.29, 1.82) is 0 Å². The number of benzene rings is 2. The Morgan fingerprint density at radius 1 is 1.13 bits per heavy atom. The van der Waals surface area contributed by atoms with Crippen molar-refractivity contribution in [3.63, 3.8) is 0 Å². The maximum atomic E-state index is 13.4. The first-order chi connectivity index (χ1) is 14.5. The third-order valence-electron chi connectivity index (χ3n) is 5.99. The van der Waals surface area contributed by atoms with Crippen molar-refractivity contribution < 1.29 is 18.3 Å². The summed E-state index contributed by atoms with van der Waals surface area (Å²) in [7, 11) is 3.60. The fourth-order valence-electron chi connectivity index (χ4n) is 4.16. The second kappa shape index (κ2) is 10.6. The molecule has 0 saturated carbocycles. The van der Waals surface area contributed by atoms with Crippen molar-refractivity contribution in [1.82, 2.24) is 9.80 Å². The van der Waals surface area contributed by atoms with Gasteiger partial charge in [0, 0.05) is 13.1 Å². The van der Waals surface area contributed by atoms with Gasteiger partial charge in [-0.2, -0.15) is 0 Å². The summed E-state index contributed by atoms with van der Waals surface area (Å²) >= 11 is 0. The Kier molecular flexibility index (Phi) is 7.94. The maximum absolute atomic E-state index is 13.4. The maximum Gasteiger partial charge on any atom is 0.159 e. The van der Waals surface area contributed by atoms with Gasteiger partial charge in [0.2, 0.25) is 0 Å². The van der Waals surface area contributed by atoms with Crippen molar-refractivity contribution >= 4 is 6.29 Å². The Morgan fingerprint density at radius 2 is 1.83 bits per heavy atom. The molecule has 0 aliphatic carbocycles. The van der Waals surface area contributed by atoms with Gasteiger partial charge in [-0.1, -0.05) is 18.2 Å². The fraction of sp³-hybridized carbons (Fsp3) is 0.458. The highest BCUT2D eigenvalue weighted by Crippen LogP contribution is 2.30. The first kappa shape index (κ1) is 22.4. The third-order valence-corrected chi connectivity index (χ3v) is 5.99. The molecule has 2 aromatic rings. The number of carbonyl (C=O) groups is 1. The Balaban J connectivity index is 1.46. The van der Waals surface area contributed by atoms with Crippen LogP contribution in [0.2, 0.25) is 0 Å². The van der Waals surface area contributed by atoms with Gasteiger partial charge in [-0.05, 0) is 80.7 Å². The summed E-state index contributed by atoms with van der Waals surface area (Å²) in [5.74, 6) is -0.285. The van der Waals surface area contributed by atoms with Gasteiger partial charge < -0.3 is 14.4 Å². The molecule has 1 fully saturated rings. The fourth-order valence-corrected chi connectivity index (χ4v) is 4.16. The van der Waals surface area contributed by atoms with Crippen LogP contribution in [0.1, 0.15) is 36.3 Å². The Morgan fingerprint density at radius 3 is 2.43 bits per heavy atom. The smallest absolute Gasteiger partial charge is 0.159 e. The molecule has 162 valence electrons. The van der Waals surface area contributed by atoms with E-state index < -0.39 is 11.6 Å². The first-order valence-corrected chi connectivity index (χ1v) is 10.5. The highest BCUT2D eigenvalue weighted by atomic mass is 19.2. The number of halogens is 2. The van der Waals surface area contributed by atoms with Crippen LogP contribution in [0, 0.1) is 11.6 Å². The van der Waals surface area contributed by atoms with Crippen LogP contribution < -0.4 is 4.74 Å². The predicted octanol–water partition coefficient (Wildman–Crippen LogP) is 4.24. The van der Waals surface area contributed by atoms with Crippen LogP contribution in [0.15, 0.2) is 42.5 Å². The summed E-state index contributed by atoms with van der Waals surface area (Å²) in [5, 5.41) is 0. The number of piperidine rings is 1. The second-order valence-corrected chi connectivity index (χ2v) is 8.06. The summed E-state index contributed by atoms with van der Waals surface area (Å²) in [6.45, 7) is 3.02. The SMILES string of the molecule is COc1ccc(C2CCN(C(C=O)CCN(C)Cc3ccc(F)c(F)c3)CC2)cc1. The van der Waals surface area contributed by atoms with Crippen molar-refractivity contribution in [2.45, 2.75) is 37.8 Å². The van der Waals surface area contributed by atoms with E-state index in [0.717, 1.165) is 56.0 Å². The van der Waals surface area contributed by atoms with E-state index in [4.69, 9.17) is 4.74 Å². The van der Waals surface area contributed by atoms with E-state index >= 15 is 0 Å². The van der Waals surface area contributed by atoms with Crippen molar-refractivity contribution in [2.75, 3.05) is 33.8 Å². The second-order valence-electron chi connectivity index (χ2n) is 8.06. The number of nitrogens with zero attached hydrogens (tertiary/aromatic N) is 2. The minimum absolute atomic E-state index is 0.116. The van der Waals surface area contributed by atoms with E-state index in [-0.39, 0.29) is 6.04 Å². The molecule has 0 spiro atoms. The lowest BCUT2D eigenvalue weighted by Gasteiger charge is -2.36. The van der Waals surface area contributed by atoms with E-state index in [1.54, 1.807) is 13.2 Å². The van der Waals surface area contributed by atoms with Gasteiger partial charge >= 0.3 is 0 Å². The number of carbonyl (C=O) groups excluding carboxylic acids is 1. The zero-order valence-corrected chi connectivity index (χ0v) is 17.7. The number of rotatable bonds is 9. The van der Waals surface area contributed by atoms with Crippen molar-refractivity contribution in [3.05, 3.63) is 65.2 Å². The Bertz CT molecular complexity index is 820. The molecule has 0 bridgehead atoms. The minimum Gasteiger partial charge on any atom is -0.497 e. The van der Waals surface area contributed by atoms with Gasteiger partial charge in [-0.25, -0.2) is 8.78 Å². The average molecular weight is 417 g/mol. The molecule has 1 atom stereocenters. The standard InChI is InChI=1S/C24H30F2N2O2/c1-27(16-18-3-8-23(25)24(26)15-18)12-11-21(17-29)28-13-9-20(10-14-28)19-4-6-22(30-2)7-5-19/h3-8,15,17,20-21H,9-14,16H2,1-2H3. The van der Waals surface area contributed by atoms with Crippen LogP contribution in [-0.2, 0) is 11.3 Å². The van der Waals surface area contributed by atoms with Crippen LogP contribution in [0.25, 0.3) is 0 Å². The molecule has 1 saturated heterocycles. The monoisotopic (exact) mass is 416 g/mol. The van der Waals surface area contributed by atoms with E-state index in [2.05, 4.69) is 17.0 Å². The van der Waals surface area contributed by atoms with Crippen LogP contribution in [0.5, 0.6) is 5.75 Å². The molecule has 6 heteroatoms. The van der Waals surface area contributed by atoms with E-state index in [9.17, 15) is 13.6 Å². The topological polar surface area (TPSA) is 32.8 Å². The summed E-state index contributed by atoms with van der Waals surface area (Å²) in [6, 6.07) is 12.1. The normalized spacial score (nSPS) is 16.6. The summed E-state index contributed by atoms with van der Waals surface area (Å²) in [6.07, 6.45) is 3.82. The summed E-state index contributed by atoms with van der Waals surface area (Å²) in [5.41, 5.74) is 2.05.